The summed E-state index contributed by atoms with van der Waals surface area (Å²) in [4.78, 5) is 13.1. The lowest BCUT2D eigenvalue weighted by atomic mass is 10.1. The smallest absolute Gasteiger partial charge is 0.134 e. The van der Waals surface area contributed by atoms with Gasteiger partial charge < -0.3 is 10.0 Å². The number of halogens is 1. The van der Waals surface area contributed by atoms with Crippen LogP contribution in [0.25, 0.3) is 0 Å². The molecule has 1 aliphatic rings. The van der Waals surface area contributed by atoms with E-state index < -0.39 is 6.10 Å². The van der Waals surface area contributed by atoms with E-state index >= 15 is 0 Å². The van der Waals surface area contributed by atoms with Crippen LogP contribution in [-0.2, 0) is 0 Å². The highest BCUT2D eigenvalue weighted by Gasteiger charge is 2.21. The number of β-amino-alcohol motifs (C(OH)–C–C–N with tert-alkyl or cyclic N) is 1. The molecule has 0 spiro atoms. The van der Waals surface area contributed by atoms with Crippen molar-refractivity contribution in [3.05, 3.63) is 52.9 Å². The van der Waals surface area contributed by atoms with Gasteiger partial charge in [0.15, 0.2) is 0 Å². The number of piperazine rings is 1. The van der Waals surface area contributed by atoms with Crippen molar-refractivity contribution in [1.29, 1.82) is 0 Å². The van der Waals surface area contributed by atoms with E-state index in [1.165, 1.54) is 0 Å². The molecule has 0 aliphatic carbocycles. The summed E-state index contributed by atoms with van der Waals surface area (Å²) >= 11 is 6.01. The molecule has 0 saturated carbocycles. The van der Waals surface area contributed by atoms with E-state index in [0.717, 1.165) is 37.6 Å². The van der Waals surface area contributed by atoms with Crippen LogP contribution in [0.2, 0.25) is 5.15 Å². The van der Waals surface area contributed by atoms with E-state index in [0.29, 0.717) is 17.5 Å². The summed E-state index contributed by atoms with van der Waals surface area (Å²) in [6.07, 6.45) is -0.446. The average Bonchev–Trinajstić information content (AvgIpc) is 2.55. The molecule has 1 unspecified atom stereocenters. The molecule has 2 heterocycles. The van der Waals surface area contributed by atoms with Gasteiger partial charge >= 0.3 is 0 Å². The molecule has 1 atom stereocenters. The van der Waals surface area contributed by atoms with Crippen molar-refractivity contribution in [2.75, 3.05) is 37.6 Å². The van der Waals surface area contributed by atoms with E-state index in [2.05, 4.69) is 19.8 Å². The summed E-state index contributed by atoms with van der Waals surface area (Å²) in [6.45, 7) is 6.03. The second kappa shape index (κ2) is 7.25. The van der Waals surface area contributed by atoms with Crippen LogP contribution >= 0.6 is 11.6 Å². The fourth-order valence-electron chi connectivity index (χ4n) is 2.86. The van der Waals surface area contributed by atoms with Gasteiger partial charge in [0.25, 0.3) is 0 Å². The number of aliphatic hydroxyl groups is 1. The first-order chi connectivity index (χ1) is 11.1. The lowest BCUT2D eigenvalue weighted by Gasteiger charge is -2.36. The molecule has 0 amide bonds. The molecule has 1 aromatic heterocycles. The number of hydrogen-bond acceptors (Lipinski definition) is 5. The molecule has 5 nitrogen and oxygen atoms in total. The first kappa shape index (κ1) is 16.2. The standard InChI is InChI=1S/C17H21ClN4O/c1-13-19-16(18)11-17(20-13)22-9-7-21(8-10-22)12-15(23)14-5-3-2-4-6-14/h2-6,11,15,23H,7-10,12H2,1H3. The molecule has 0 radical (unpaired) electrons. The molecule has 2 aromatic rings. The van der Waals surface area contributed by atoms with E-state index in [-0.39, 0.29) is 0 Å². The fourth-order valence-corrected chi connectivity index (χ4v) is 3.08. The number of nitrogens with zero attached hydrogens (tertiary/aromatic N) is 4. The maximum atomic E-state index is 10.3. The maximum absolute atomic E-state index is 10.3. The lowest BCUT2D eigenvalue weighted by Crippen LogP contribution is -2.47. The molecule has 1 aliphatic heterocycles. The third-order valence-electron chi connectivity index (χ3n) is 4.10. The molecule has 6 heteroatoms. The number of anilines is 1. The largest absolute Gasteiger partial charge is 0.387 e. The summed E-state index contributed by atoms with van der Waals surface area (Å²) in [5, 5.41) is 10.8. The second-order valence-corrected chi connectivity index (χ2v) is 6.20. The van der Waals surface area contributed by atoms with Gasteiger partial charge in [0.1, 0.15) is 16.8 Å². The number of hydrogen-bond donors (Lipinski definition) is 1. The molecule has 23 heavy (non-hydrogen) atoms. The van der Waals surface area contributed by atoms with Crippen LogP contribution < -0.4 is 4.90 Å². The third-order valence-corrected chi connectivity index (χ3v) is 4.30. The van der Waals surface area contributed by atoms with E-state index in [9.17, 15) is 5.11 Å². The number of aromatic nitrogens is 2. The van der Waals surface area contributed by atoms with Crippen molar-refractivity contribution >= 4 is 17.4 Å². The molecule has 3 rings (SSSR count). The van der Waals surface area contributed by atoms with Gasteiger partial charge in [-0.25, -0.2) is 9.97 Å². The summed E-state index contributed by atoms with van der Waals surface area (Å²) in [5.41, 5.74) is 0.966. The Hall–Kier alpha value is -1.69. The Morgan fingerprint density at radius 1 is 1.13 bits per heavy atom. The zero-order valence-electron chi connectivity index (χ0n) is 13.2. The molecule has 122 valence electrons. The minimum absolute atomic E-state index is 0.446. The molecule has 1 N–H and O–H groups in total. The Bertz CT molecular complexity index is 624. The predicted molar refractivity (Wildman–Crippen MR) is 91.8 cm³/mol. The van der Waals surface area contributed by atoms with Gasteiger partial charge in [-0.2, -0.15) is 0 Å². The first-order valence-electron chi connectivity index (χ1n) is 7.83. The topological polar surface area (TPSA) is 52.5 Å². The monoisotopic (exact) mass is 332 g/mol. The molecular weight excluding hydrogens is 312 g/mol. The zero-order chi connectivity index (χ0) is 16.2. The van der Waals surface area contributed by atoms with E-state index in [1.807, 2.05) is 43.3 Å². The number of aryl methyl sites for hydroxylation is 1. The molecule has 1 saturated heterocycles. The number of benzene rings is 1. The van der Waals surface area contributed by atoms with Gasteiger partial charge in [0.2, 0.25) is 0 Å². The van der Waals surface area contributed by atoms with Gasteiger partial charge in [-0.3, -0.25) is 4.90 Å². The summed E-state index contributed by atoms with van der Waals surface area (Å²) in [7, 11) is 0. The minimum Gasteiger partial charge on any atom is -0.387 e. The Labute approximate surface area is 141 Å². The predicted octanol–water partition coefficient (Wildman–Crippen LogP) is 2.29. The molecular formula is C17H21ClN4O. The highest BCUT2D eigenvalue weighted by Crippen LogP contribution is 2.19. The normalized spacial score (nSPS) is 17.3. The van der Waals surface area contributed by atoms with E-state index in [4.69, 9.17) is 11.6 Å². The van der Waals surface area contributed by atoms with Crippen molar-refractivity contribution < 1.29 is 5.11 Å². The highest BCUT2D eigenvalue weighted by molar-refractivity contribution is 6.29. The number of rotatable bonds is 4. The van der Waals surface area contributed by atoms with Gasteiger partial charge in [0, 0.05) is 38.8 Å². The Morgan fingerprint density at radius 3 is 2.48 bits per heavy atom. The van der Waals surface area contributed by atoms with Crippen molar-refractivity contribution in [1.82, 2.24) is 14.9 Å². The van der Waals surface area contributed by atoms with E-state index in [1.54, 1.807) is 0 Å². The number of aliphatic hydroxyl groups excluding tert-OH is 1. The van der Waals surface area contributed by atoms with Gasteiger partial charge in [-0.05, 0) is 12.5 Å². The van der Waals surface area contributed by atoms with Crippen molar-refractivity contribution in [2.45, 2.75) is 13.0 Å². The van der Waals surface area contributed by atoms with Gasteiger partial charge in [-0.1, -0.05) is 41.9 Å². The van der Waals surface area contributed by atoms with Crippen LogP contribution in [0.4, 0.5) is 5.82 Å². The minimum atomic E-state index is -0.446. The quantitative estimate of drug-likeness (QED) is 0.871. The maximum Gasteiger partial charge on any atom is 0.134 e. The Kier molecular flexibility index (Phi) is 5.10. The van der Waals surface area contributed by atoms with Crippen LogP contribution in [-0.4, -0.2) is 52.7 Å². The summed E-state index contributed by atoms with van der Waals surface area (Å²) < 4.78 is 0. The highest BCUT2D eigenvalue weighted by atomic mass is 35.5. The molecule has 1 aromatic carbocycles. The molecule has 0 bridgehead atoms. The van der Waals surface area contributed by atoms with Crippen LogP contribution in [0.1, 0.15) is 17.5 Å². The SMILES string of the molecule is Cc1nc(Cl)cc(N2CCN(CC(O)c3ccccc3)CC2)n1. The third kappa shape index (κ3) is 4.19. The van der Waals surface area contributed by atoms with Crippen LogP contribution in [0, 0.1) is 6.92 Å². The fraction of sp³-hybridized carbons (Fsp3) is 0.412. The van der Waals surface area contributed by atoms with Crippen molar-refractivity contribution in [3.63, 3.8) is 0 Å². The van der Waals surface area contributed by atoms with Crippen molar-refractivity contribution in [3.8, 4) is 0 Å². The van der Waals surface area contributed by atoms with Crippen molar-refractivity contribution in [2.24, 2.45) is 0 Å². The average molecular weight is 333 g/mol. The Morgan fingerprint density at radius 2 is 1.83 bits per heavy atom. The second-order valence-electron chi connectivity index (χ2n) is 5.81. The van der Waals surface area contributed by atoms with Crippen LogP contribution in [0.5, 0.6) is 0 Å². The first-order valence-corrected chi connectivity index (χ1v) is 8.21. The zero-order valence-corrected chi connectivity index (χ0v) is 13.9. The van der Waals surface area contributed by atoms with Crippen LogP contribution in [0.3, 0.4) is 0 Å². The van der Waals surface area contributed by atoms with Gasteiger partial charge in [0.05, 0.1) is 6.10 Å². The Balaban J connectivity index is 1.56. The van der Waals surface area contributed by atoms with Gasteiger partial charge in [-0.15, -0.1) is 0 Å². The summed E-state index contributed by atoms with van der Waals surface area (Å²) in [6, 6.07) is 11.6. The summed E-state index contributed by atoms with van der Waals surface area (Å²) in [5.74, 6) is 1.57. The van der Waals surface area contributed by atoms with Crippen LogP contribution in [0.15, 0.2) is 36.4 Å². The molecule has 1 fully saturated rings. The lowest BCUT2D eigenvalue weighted by molar-refractivity contribution is 0.109.